The van der Waals surface area contributed by atoms with Crippen molar-refractivity contribution in [3.05, 3.63) is 46.2 Å². The quantitative estimate of drug-likeness (QED) is 0.665. The molecular formula is C14H11BrFN3. The van der Waals surface area contributed by atoms with E-state index in [1.165, 1.54) is 6.07 Å². The molecule has 19 heavy (non-hydrogen) atoms. The van der Waals surface area contributed by atoms with Gasteiger partial charge in [0.2, 0.25) is 0 Å². The fraction of sp³-hybridized carbons (Fsp3) is 0.0714. The van der Waals surface area contributed by atoms with E-state index < -0.39 is 0 Å². The molecule has 96 valence electrons. The zero-order valence-corrected chi connectivity index (χ0v) is 11.8. The molecule has 0 aliphatic carbocycles. The van der Waals surface area contributed by atoms with E-state index >= 15 is 0 Å². The lowest BCUT2D eigenvalue weighted by molar-refractivity contribution is 0.629. The number of halogens is 2. The molecule has 0 aliphatic heterocycles. The molecule has 0 saturated carbocycles. The molecule has 0 fully saturated rings. The van der Waals surface area contributed by atoms with Gasteiger partial charge >= 0.3 is 0 Å². The number of H-pyrrole nitrogens is 1. The molecule has 0 aliphatic rings. The van der Waals surface area contributed by atoms with Gasteiger partial charge in [-0.2, -0.15) is 0 Å². The van der Waals surface area contributed by atoms with Crippen molar-refractivity contribution in [3.63, 3.8) is 0 Å². The van der Waals surface area contributed by atoms with E-state index in [1.807, 2.05) is 19.1 Å². The lowest BCUT2D eigenvalue weighted by Gasteiger charge is -2.00. The predicted molar refractivity (Wildman–Crippen MR) is 78.3 cm³/mol. The molecule has 3 N–H and O–H groups in total. The number of aromatic amines is 1. The minimum Gasteiger partial charge on any atom is -0.397 e. The van der Waals surface area contributed by atoms with Crippen LogP contribution in [0.1, 0.15) is 5.56 Å². The lowest BCUT2D eigenvalue weighted by Crippen LogP contribution is -1.88. The van der Waals surface area contributed by atoms with Crippen LogP contribution in [0.5, 0.6) is 0 Å². The van der Waals surface area contributed by atoms with Crippen LogP contribution in [0.25, 0.3) is 22.4 Å². The van der Waals surface area contributed by atoms with Gasteiger partial charge in [-0.25, -0.2) is 9.37 Å². The van der Waals surface area contributed by atoms with Crippen molar-refractivity contribution in [1.29, 1.82) is 0 Å². The van der Waals surface area contributed by atoms with Crippen LogP contribution in [-0.4, -0.2) is 9.97 Å². The average Bonchev–Trinajstić information content (AvgIpc) is 2.72. The first-order valence-corrected chi connectivity index (χ1v) is 6.55. The van der Waals surface area contributed by atoms with E-state index in [0.717, 1.165) is 15.6 Å². The molecular weight excluding hydrogens is 309 g/mol. The maximum absolute atomic E-state index is 13.9. The second kappa shape index (κ2) is 4.35. The Morgan fingerprint density at radius 1 is 1.26 bits per heavy atom. The Labute approximate surface area is 117 Å². The van der Waals surface area contributed by atoms with E-state index in [0.29, 0.717) is 22.6 Å². The second-order valence-electron chi connectivity index (χ2n) is 4.46. The van der Waals surface area contributed by atoms with E-state index in [4.69, 9.17) is 5.73 Å². The number of aryl methyl sites for hydroxylation is 1. The number of rotatable bonds is 1. The Kier molecular flexibility index (Phi) is 2.78. The number of hydrogen-bond donors (Lipinski definition) is 2. The molecule has 3 rings (SSSR count). The molecule has 3 nitrogen and oxygen atoms in total. The number of hydrogen-bond acceptors (Lipinski definition) is 2. The number of nitrogens with zero attached hydrogens (tertiary/aromatic N) is 1. The maximum atomic E-state index is 13.9. The number of nitrogens with one attached hydrogen (secondary N) is 1. The molecule has 3 aromatic rings. The van der Waals surface area contributed by atoms with Crippen LogP contribution in [-0.2, 0) is 0 Å². The van der Waals surface area contributed by atoms with E-state index in [9.17, 15) is 4.39 Å². The van der Waals surface area contributed by atoms with Gasteiger partial charge in [-0.05, 0) is 36.8 Å². The van der Waals surface area contributed by atoms with Gasteiger partial charge in [0.15, 0.2) is 0 Å². The number of anilines is 1. The first-order valence-electron chi connectivity index (χ1n) is 5.76. The Morgan fingerprint density at radius 2 is 2.05 bits per heavy atom. The van der Waals surface area contributed by atoms with Gasteiger partial charge in [-0.15, -0.1) is 0 Å². The van der Waals surface area contributed by atoms with Crippen molar-refractivity contribution in [1.82, 2.24) is 9.97 Å². The highest BCUT2D eigenvalue weighted by molar-refractivity contribution is 9.10. The van der Waals surface area contributed by atoms with Gasteiger partial charge in [0, 0.05) is 4.47 Å². The molecule has 0 bridgehead atoms. The summed E-state index contributed by atoms with van der Waals surface area (Å²) >= 11 is 3.37. The van der Waals surface area contributed by atoms with Gasteiger partial charge < -0.3 is 10.7 Å². The van der Waals surface area contributed by atoms with E-state index in [1.54, 1.807) is 12.1 Å². The third-order valence-corrected chi connectivity index (χ3v) is 3.42. The molecule has 0 unspecified atom stereocenters. The van der Waals surface area contributed by atoms with E-state index in [-0.39, 0.29) is 5.82 Å². The van der Waals surface area contributed by atoms with Crippen molar-refractivity contribution < 1.29 is 4.39 Å². The van der Waals surface area contributed by atoms with Crippen LogP contribution < -0.4 is 5.73 Å². The minimum atomic E-state index is -0.295. The van der Waals surface area contributed by atoms with Gasteiger partial charge in [0.05, 0.1) is 16.8 Å². The summed E-state index contributed by atoms with van der Waals surface area (Å²) in [6.45, 7) is 1.85. The lowest BCUT2D eigenvalue weighted by atomic mass is 10.1. The number of aromatic nitrogens is 2. The summed E-state index contributed by atoms with van der Waals surface area (Å²) in [4.78, 5) is 7.47. The highest BCUT2D eigenvalue weighted by Crippen LogP contribution is 2.28. The minimum absolute atomic E-state index is 0.295. The van der Waals surface area contributed by atoms with Gasteiger partial charge in [-0.3, -0.25) is 0 Å². The topological polar surface area (TPSA) is 54.7 Å². The number of imidazole rings is 1. The molecule has 0 spiro atoms. The van der Waals surface area contributed by atoms with Crippen molar-refractivity contribution in [2.75, 3.05) is 5.73 Å². The summed E-state index contributed by atoms with van der Waals surface area (Å²) in [7, 11) is 0. The molecule has 0 amide bonds. The molecule has 2 aromatic carbocycles. The summed E-state index contributed by atoms with van der Waals surface area (Å²) in [6, 6.07) is 8.70. The van der Waals surface area contributed by atoms with Crippen LogP contribution in [0.3, 0.4) is 0 Å². The zero-order valence-electron chi connectivity index (χ0n) is 10.2. The van der Waals surface area contributed by atoms with Crippen LogP contribution in [0.4, 0.5) is 10.1 Å². The monoisotopic (exact) mass is 319 g/mol. The number of nitrogen functional groups attached to an aromatic ring is 1. The van der Waals surface area contributed by atoms with Crippen molar-refractivity contribution in [2.45, 2.75) is 6.92 Å². The molecule has 1 aromatic heterocycles. The van der Waals surface area contributed by atoms with Crippen LogP contribution in [0.2, 0.25) is 0 Å². The summed E-state index contributed by atoms with van der Waals surface area (Å²) in [5.41, 5.74) is 9.21. The molecule has 0 atom stereocenters. The van der Waals surface area contributed by atoms with Crippen molar-refractivity contribution >= 4 is 32.7 Å². The van der Waals surface area contributed by atoms with Crippen LogP contribution in [0.15, 0.2) is 34.8 Å². The third-order valence-electron chi connectivity index (χ3n) is 2.96. The summed E-state index contributed by atoms with van der Waals surface area (Å²) in [6.07, 6.45) is 0. The average molecular weight is 320 g/mol. The summed E-state index contributed by atoms with van der Waals surface area (Å²) in [5, 5.41) is 0. The molecule has 5 heteroatoms. The highest BCUT2D eigenvalue weighted by Gasteiger charge is 2.12. The Morgan fingerprint density at radius 3 is 2.79 bits per heavy atom. The van der Waals surface area contributed by atoms with Gasteiger partial charge in [-0.1, -0.05) is 22.0 Å². The largest absolute Gasteiger partial charge is 0.397 e. The van der Waals surface area contributed by atoms with Crippen LogP contribution >= 0.6 is 15.9 Å². The highest BCUT2D eigenvalue weighted by atomic mass is 79.9. The maximum Gasteiger partial charge on any atom is 0.141 e. The first-order chi connectivity index (χ1) is 9.04. The fourth-order valence-corrected chi connectivity index (χ4v) is 2.52. The van der Waals surface area contributed by atoms with E-state index in [2.05, 4.69) is 25.9 Å². The van der Waals surface area contributed by atoms with Crippen molar-refractivity contribution in [2.24, 2.45) is 0 Å². The number of nitrogens with two attached hydrogens (primary N) is 1. The predicted octanol–water partition coefficient (Wildman–Crippen LogP) is 4.02. The standard InChI is InChI=1S/C14H11BrFN3/c1-7-2-3-9(10(16)4-7)14-18-12-6-8(15)5-11(17)13(12)19-14/h2-6H,17H2,1H3,(H,18,19). The second-order valence-corrected chi connectivity index (χ2v) is 5.38. The SMILES string of the molecule is Cc1ccc(-c2nc3c(N)cc(Br)cc3[nH]2)c(F)c1. The Bertz CT molecular complexity index is 780. The first kappa shape index (κ1) is 12.2. The van der Waals surface area contributed by atoms with Crippen molar-refractivity contribution in [3.8, 4) is 11.4 Å². The number of fused-ring (bicyclic) bond motifs is 1. The molecule has 1 heterocycles. The smallest absolute Gasteiger partial charge is 0.141 e. The Hall–Kier alpha value is -1.88. The zero-order chi connectivity index (χ0) is 13.6. The normalized spacial score (nSPS) is 11.1. The third kappa shape index (κ3) is 2.10. The van der Waals surface area contributed by atoms with Gasteiger partial charge in [0.1, 0.15) is 17.2 Å². The molecule has 0 saturated heterocycles. The number of benzene rings is 2. The summed E-state index contributed by atoms with van der Waals surface area (Å²) in [5.74, 6) is 0.189. The van der Waals surface area contributed by atoms with Crippen LogP contribution in [0, 0.1) is 12.7 Å². The molecule has 0 radical (unpaired) electrons. The summed E-state index contributed by atoms with van der Waals surface area (Å²) < 4.78 is 14.8. The Balaban J connectivity index is 2.23. The fourth-order valence-electron chi connectivity index (χ4n) is 2.05. The van der Waals surface area contributed by atoms with Gasteiger partial charge in [0.25, 0.3) is 0 Å².